The lowest BCUT2D eigenvalue weighted by atomic mass is 10.2. The SMILES string of the molecule is COc1ccccc1N1CC[NH+](Cc2nc(N)nc(Nc3ccccc3C)n2)CC1. The highest BCUT2D eigenvalue weighted by molar-refractivity contribution is 5.59. The van der Waals surface area contributed by atoms with Gasteiger partial charge >= 0.3 is 0 Å². The molecule has 1 fully saturated rings. The van der Waals surface area contributed by atoms with Gasteiger partial charge in [-0.25, -0.2) is 0 Å². The summed E-state index contributed by atoms with van der Waals surface area (Å²) in [6, 6.07) is 16.2. The van der Waals surface area contributed by atoms with Gasteiger partial charge in [-0.1, -0.05) is 30.3 Å². The van der Waals surface area contributed by atoms with E-state index in [1.54, 1.807) is 7.11 Å². The third kappa shape index (κ3) is 4.60. The maximum Gasteiger partial charge on any atom is 0.232 e. The van der Waals surface area contributed by atoms with E-state index < -0.39 is 0 Å². The van der Waals surface area contributed by atoms with Crippen molar-refractivity contribution in [3.05, 3.63) is 59.9 Å². The Morgan fingerprint density at radius 1 is 1.03 bits per heavy atom. The average molecular weight is 407 g/mol. The zero-order valence-corrected chi connectivity index (χ0v) is 17.4. The lowest BCUT2D eigenvalue weighted by Gasteiger charge is -2.34. The molecular weight excluding hydrogens is 378 g/mol. The van der Waals surface area contributed by atoms with E-state index in [4.69, 9.17) is 10.5 Å². The molecule has 0 atom stereocenters. The number of nitrogens with two attached hydrogens (primary N) is 1. The van der Waals surface area contributed by atoms with Gasteiger partial charge in [0.15, 0.2) is 5.82 Å². The minimum Gasteiger partial charge on any atom is -0.495 e. The number of piperazine rings is 1. The molecule has 0 spiro atoms. The van der Waals surface area contributed by atoms with Gasteiger partial charge in [0.05, 0.1) is 39.0 Å². The van der Waals surface area contributed by atoms with Gasteiger partial charge in [-0.3, -0.25) is 0 Å². The summed E-state index contributed by atoms with van der Waals surface area (Å²) in [6.07, 6.45) is 0. The molecule has 8 heteroatoms. The molecule has 2 aromatic carbocycles. The number of ether oxygens (including phenoxy) is 1. The quantitative estimate of drug-likeness (QED) is 0.570. The van der Waals surface area contributed by atoms with Gasteiger partial charge in [0, 0.05) is 5.69 Å². The summed E-state index contributed by atoms with van der Waals surface area (Å²) in [6.45, 7) is 6.64. The van der Waals surface area contributed by atoms with E-state index in [1.807, 2.05) is 49.4 Å². The molecule has 156 valence electrons. The van der Waals surface area contributed by atoms with Crippen LogP contribution in [-0.4, -0.2) is 48.2 Å². The lowest BCUT2D eigenvalue weighted by molar-refractivity contribution is -0.915. The third-order valence-electron chi connectivity index (χ3n) is 5.40. The molecule has 0 saturated carbocycles. The summed E-state index contributed by atoms with van der Waals surface area (Å²) in [5.74, 6) is 2.35. The van der Waals surface area contributed by atoms with E-state index in [-0.39, 0.29) is 5.95 Å². The number of nitrogen functional groups attached to an aromatic ring is 1. The van der Waals surface area contributed by atoms with Crippen LogP contribution in [0, 0.1) is 6.92 Å². The van der Waals surface area contributed by atoms with Crippen LogP contribution in [0.4, 0.5) is 23.3 Å². The average Bonchev–Trinajstić information content (AvgIpc) is 2.75. The molecule has 3 aromatic rings. The second kappa shape index (κ2) is 8.96. The Labute approximate surface area is 176 Å². The molecule has 4 rings (SSSR count). The molecule has 30 heavy (non-hydrogen) atoms. The first-order valence-electron chi connectivity index (χ1n) is 10.2. The second-order valence-electron chi connectivity index (χ2n) is 7.46. The topological polar surface area (TPSA) is 93.6 Å². The molecule has 1 aliphatic heterocycles. The summed E-state index contributed by atoms with van der Waals surface area (Å²) in [4.78, 5) is 17.0. The molecule has 1 aliphatic rings. The van der Waals surface area contributed by atoms with Crippen molar-refractivity contribution in [1.29, 1.82) is 0 Å². The highest BCUT2D eigenvalue weighted by atomic mass is 16.5. The van der Waals surface area contributed by atoms with Gasteiger partial charge in [0.1, 0.15) is 12.3 Å². The van der Waals surface area contributed by atoms with Crippen LogP contribution in [0.3, 0.4) is 0 Å². The van der Waals surface area contributed by atoms with E-state index in [9.17, 15) is 0 Å². The van der Waals surface area contributed by atoms with E-state index in [1.165, 1.54) is 4.90 Å². The fourth-order valence-corrected chi connectivity index (χ4v) is 3.76. The Morgan fingerprint density at radius 2 is 1.77 bits per heavy atom. The molecule has 4 N–H and O–H groups in total. The molecule has 1 aromatic heterocycles. The summed E-state index contributed by atoms with van der Waals surface area (Å²) >= 11 is 0. The van der Waals surface area contributed by atoms with Gasteiger partial charge in [0.25, 0.3) is 0 Å². The van der Waals surface area contributed by atoms with Crippen LogP contribution in [0.15, 0.2) is 48.5 Å². The number of aryl methyl sites for hydroxylation is 1. The van der Waals surface area contributed by atoms with Crippen molar-refractivity contribution >= 4 is 23.3 Å². The van der Waals surface area contributed by atoms with E-state index in [0.717, 1.165) is 55.4 Å². The summed E-state index contributed by atoms with van der Waals surface area (Å²) in [7, 11) is 1.72. The molecule has 8 nitrogen and oxygen atoms in total. The zero-order chi connectivity index (χ0) is 20.9. The van der Waals surface area contributed by atoms with E-state index in [2.05, 4.69) is 31.2 Å². The van der Waals surface area contributed by atoms with Crippen molar-refractivity contribution in [3.63, 3.8) is 0 Å². The number of hydrogen-bond donors (Lipinski definition) is 3. The third-order valence-corrected chi connectivity index (χ3v) is 5.40. The van der Waals surface area contributed by atoms with Gasteiger partial charge < -0.3 is 25.6 Å². The van der Waals surface area contributed by atoms with Crippen molar-refractivity contribution in [2.75, 3.05) is 49.2 Å². The first-order chi connectivity index (χ1) is 14.6. The Bertz CT molecular complexity index is 1000. The van der Waals surface area contributed by atoms with Gasteiger partial charge in [-0.15, -0.1) is 0 Å². The number of nitrogens with zero attached hydrogens (tertiary/aromatic N) is 4. The molecule has 0 aliphatic carbocycles. The summed E-state index contributed by atoms with van der Waals surface area (Å²) in [5, 5.41) is 3.26. The van der Waals surface area contributed by atoms with Crippen LogP contribution in [0.2, 0.25) is 0 Å². The van der Waals surface area contributed by atoms with Crippen LogP contribution in [-0.2, 0) is 6.54 Å². The molecular formula is C22H28N7O+. The zero-order valence-electron chi connectivity index (χ0n) is 17.4. The van der Waals surface area contributed by atoms with Crippen LogP contribution >= 0.6 is 0 Å². The minimum atomic E-state index is 0.239. The van der Waals surface area contributed by atoms with Crippen LogP contribution in [0.25, 0.3) is 0 Å². The van der Waals surface area contributed by atoms with Crippen LogP contribution < -0.4 is 25.6 Å². The van der Waals surface area contributed by atoms with Crippen molar-refractivity contribution < 1.29 is 9.64 Å². The van der Waals surface area contributed by atoms with Gasteiger partial charge in [-0.2, -0.15) is 15.0 Å². The molecule has 0 bridgehead atoms. The molecule has 0 amide bonds. The van der Waals surface area contributed by atoms with Crippen molar-refractivity contribution in [2.24, 2.45) is 0 Å². The summed E-state index contributed by atoms with van der Waals surface area (Å²) in [5.41, 5.74) is 9.19. The Kier molecular flexibility index (Phi) is 5.94. The summed E-state index contributed by atoms with van der Waals surface area (Å²) < 4.78 is 5.51. The standard InChI is InChI=1S/C22H27N7O/c1-16-7-3-4-8-17(16)24-22-26-20(25-21(23)27-22)15-28-11-13-29(14-12-28)18-9-5-6-10-19(18)30-2/h3-10H,11-15H2,1-2H3,(H3,23,24,25,26,27)/p+1. The van der Waals surface area contributed by atoms with Gasteiger partial charge in [0.2, 0.25) is 11.9 Å². The number of methoxy groups -OCH3 is 1. The smallest absolute Gasteiger partial charge is 0.232 e. The second-order valence-corrected chi connectivity index (χ2v) is 7.46. The largest absolute Gasteiger partial charge is 0.495 e. The predicted octanol–water partition coefficient (Wildman–Crippen LogP) is 1.42. The number of para-hydroxylation sites is 3. The number of anilines is 4. The van der Waals surface area contributed by atoms with Crippen LogP contribution in [0.1, 0.15) is 11.4 Å². The van der Waals surface area contributed by atoms with Crippen molar-refractivity contribution in [3.8, 4) is 5.75 Å². The number of nitrogens with one attached hydrogen (secondary N) is 2. The Hall–Kier alpha value is -3.39. The van der Waals surface area contributed by atoms with Crippen molar-refractivity contribution in [1.82, 2.24) is 15.0 Å². The molecule has 2 heterocycles. The van der Waals surface area contributed by atoms with E-state index in [0.29, 0.717) is 11.8 Å². The normalized spacial score (nSPS) is 14.5. The molecule has 1 saturated heterocycles. The fourth-order valence-electron chi connectivity index (χ4n) is 3.76. The molecule has 0 radical (unpaired) electrons. The number of aromatic nitrogens is 3. The number of rotatable bonds is 6. The van der Waals surface area contributed by atoms with E-state index >= 15 is 0 Å². The first kappa shape index (κ1) is 19.9. The Morgan fingerprint density at radius 3 is 2.53 bits per heavy atom. The maximum absolute atomic E-state index is 5.95. The minimum absolute atomic E-state index is 0.239. The number of benzene rings is 2. The molecule has 0 unspecified atom stereocenters. The number of quaternary nitrogens is 1. The fraction of sp³-hybridized carbons (Fsp3) is 0.318. The lowest BCUT2D eigenvalue weighted by Crippen LogP contribution is -3.13. The number of hydrogen-bond acceptors (Lipinski definition) is 7. The highest BCUT2D eigenvalue weighted by Gasteiger charge is 2.23. The van der Waals surface area contributed by atoms with Gasteiger partial charge in [-0.05, 0) is 30.7 Å². The first-order valence-corrected chi connectivity index (χ1v) is 10.2. The Balaban J connectivity index is 1.40. The predicted molar refractivity (Wildman–Crippen MR) is 118 cm³/mol. The maximum atomic E-state index is 5.95. The van der Waals surface area contributed by atoms with Crippen LogP contribution in [0.5, 0.6) is 5.75 Å². The monoisotopic (exact) mass is 406 g/mol. The van der Waals surface area contributed by atoms with Crippen molar-refractivity contribution in [2.45, 2.75) is 13.5 Å². The highest BCUT2D eigenvalue weighted by Crippen LogP contribution is 2.27.